The summed E-state index contributed by atoms with van der Waals surface area (Å²) in [5.74, 6) is 0.728. The first-order valence-electron chi connectivity index (χ1n) is 5.72. The Kier molecular flexibility index (Phi) is 2.61. The molecule has 2 aromatic heterocycles. The predicted molar refractivity (Wildman–Crippen MR) is 63.7 cm³/mol. The lowest BCUT2D eigenvalue weighted by Crippen LogP contribution is -2.33. The number of nitrogens with two attached hydrogens (primary N) is 1. The molecule has 6 nitrogen and oxygen atoms in total. The second-order valence-corrected chi connectivity index (χ2v) is 5.47. The van der Waals surface area contributed by atoms with Crippen LogP contribution < -0.4 is 5.73 Å². The van der Waals surface area contributed by atoms with Gasteiger partial charge in [0.15, 0.2) is 5.82 Å². The second-order valence-electron chi connectivity index (χ2n) is 4.51. The number of aromatic nitrogens is 4. The third kappa shape index (κ3) is 1.74. The van der Waals surface area contributed by atoms with Crippen molar-refractivity contribution in [2.24, 2.45) is 5.73 Å². The molecule has 7 heteroatoms. The summed E-state index contributed by atoms with van der Waals surface area (Å²) in [5.41, 5.74) is 6.13. The van der Waals surface area contributed by atoms with Gasteiger partial charge < -0.3 is 10.5 Å². The lowest BCUT2D eigenvalue weighted by atomic mass is 10.0. The molecule has 1 aliphatic rings. The molecule has 0 saturated heterocycles. The Hall–Kier alpha value is -1.05. The fourth-order valence-corrected chi connectivity index (χ4v) is 3.31. The maximum atomic E-state index is 6.38. The van der Waals surface area contributed by atoms with E-state index in [1.165, 1.54) is 24.2 Å². The number of rotatable bonds is 3. The molecular formula is C10H15N5OS. The Morgan fingerprint density at radius 3 is 2.88 bits per heavy atom. The Balaban J connectivity index is 2.01. The summed E-state index contributed by atoms with van der Waals surface area (Å²) >= 11 is 1.54. The monoisotopic (exact) mass is 253 g/mol. The van der Waals surface area contributed by atoms with Gasteiger partial charge >= 0.3 is 0 Å². The highest BCUT2D eigenvalue weighted by atomic mass is 32.1. The maximum absolute atomic E-state index is 6.38. The first-order chi connectivity index (χ1) is 8.23. The van der Waals surface area contributed by atoms with Gasteiger partial charge in [-0.1, -0.05) is 24.2 Å². The van der Waals surface area contributed by atoms with Crippen molar-refractivity contribution in [3.63, 3.8) is 0 Å². The summed E-state index contributed by atoms with van der Waals surface area (Å²) < 4.78 is 6.81. The van der Waals surface area contributed by atoms with E-state index in [-0.39, 0.29) is 5.54 Å². The summed E-state index contributed by atoms with van der Waals surface area (Å²) in [6, 6.07) is 0. The third-order valence-corrected chi connectivity index (χ3v) is 4.37. The summed E-state index contributed by atoms with van der Waals surface area (Å²) in [6.45, 7) is 0.419. The van der Waals surface area contributed by atoms with Crippen molar-refractivity contribution < 1.29 is 4.74 Å². The van der Waals surface area contributed by atoms with Crippen molar-refractivity contribution in [3.8, 4) is 0 Å². The number of ether oxygens (including phenoxy) is 1. The molecule has 0 atom stereocenters. The van der Waals surface area contributed by atoms with Crippen molar-refractivity contribution in [1.29, 1.82) is 0 Å². The van der Waals surface area contributed by atoms with Gasteiger partial charge in [0.2, 0.25) is 4.96 Å². The summed E-state index contributed by atoms with van der Waals surface area (Å²) in [5, 5.41) is 13.6. The second kappa shape index (κ2) is 4.01. The number of hydrogen-bond acceptors (Lipinski definition) is 6. The first kappa shape index (κ1) is 11.1. The predicted octanol–water partition coefficient (Wildman–Crippen LogP) is 1.06. The minimum Gasteiger partial charge on any atom is -0.377 e. The van der Waals surface area contributed by atoms with Crippen LogP contribution >= 0.6 is 11.3 Å². The lowest BCUT2D eigenvalue weighted by molar-refractivity contribution is 0.176. The van der Waals surface area contributed by atoms with E-state index in [0.717, 1.165) is 28.6 Å². The van der Waals surface area contributed by atoms with Crippen LogP contribution in [0.2, 0.25) is 0 Å². The molecular weight excluding hydrogens is 238 g/mol. The zero-order valence-corrected chi connectivity index (χ0v) is 10.5. The van der Waals surface area contributed by atoms with Gasteiger partial charge in [-0.15, -0.1) is 10.2 Å². The molecule has 92 valence electrons. The summed E-state index contributed by atoms with van der Waals surface area (Å²) in [4.78, 5) is 0.795. The van der Waals surface area contributed by atoms with Gasteiger partial charge in [-0.25, -0.2) is 0 Å². The van der Waals surface area contributed by atoms with Gasteiger partial charge in [0.1, 0.15) is 11.6 Å². The Bertz CT molecular complexity index is 528. The van der Waals surface area contributed by atoms with Crippen molar-refractivity contribution in [1.82, 2.24) is 19.8 Å². The minimum absolute atomic E-state index is 0.254. The van der Waals surface area contributed by atoms with E-state index in [1.54, 1.807) is 11.6 Å². The maximum Gasteiger partial charge on any atom is 0.234 e. The van der Waals surface area contributed by atoms with Gasteiger partial charge in [0.25, 0.3) is 0 Å². The average Bonchev–Trinajstić information content (AvgIpc) is 2.96. The van der Waals surface area contributed by atoms with Crippen LogP contribution in [0.5, 0.6) is 0 Å². The molecule has 0 aromatic carbocycles. The minimum atomic E-state index is -0.254. The van der Waals surface area contributed by atoms with Crippen LogP contribution in [0.25, 0.3) is 4.96 Å². The molecule has 1 saturated carbocycles. The van der Waals surface area contributed by atoms with Crippen molar-refractivity contribution in [3.05, 3.63) is 10.8 Å². The number of nitrogens with zero attached hydrogens (tertiary/aromatic N) is 4. The molecule has 0 aliphatic heterocycles. The average molecular weight is 253 g/mol. The van der Waals surface area contributed by atoms with Gasteiger partial charge in [0, 0.05) is 7.11 Å². The molecule has 1 aliphatic carbocycles. The number of fused-ring (bicyclic) bond motifs is 1. The highest BCUT2D eigenvalue weighted by molar-refractivity contribution is 7.16. The van der Waals surface area contributed by atoms with E-state index < -0.39 is 0 Å². The van der Waals surface area contributed by atoms with Gasteiger partial charge in [-0.05, 0) is 12.8 Å². The van der Waals surface area contributed by atoms with E-state index in [0.29, 0.717) is 6.61 Å². The molecule has 0 unspecified atom stereocenters. The van der Waals surface area contributed by atoms with Crippen LogP contribution in [-0.2, 0) is 16.9 Å². The number of hydrogen-bond donors (Lipinski definition) is 1. The lowest BCUT2D eigenvalue weighted by Gasteiger charge is -2.19. The molecule has 0 spiro atoms. The topological polar surface area (TPSA) is 78.3 Å². The summed E-state index contributed by atoms with van der Waals surface area (Å²) in [6.07, 6.45) is 4.39. The largest absolute Gasteiger partial charge is 0.377 e. The molecule has 2 N–H and O–H groups in total. The first-order valence-corrected chi connectivity index (χ1v) is 6.54. The van der Waals surface area contributed by atoms with Crippen molar-refractivity contribution in [2.75, 3.05) is 7.11 Å². The van der Waals surface area contributed by atoms with Crippen molar-refractivity contribution >= 4 is 16.3 Å². The van der Waals surface area contributed by atoms with Gasteiger partial charge in [-0.3, -0.25) is 0 Å². The van der Waals surface area contributed by atoms with Gasteiger partial charge in [0.05, 0.1) is 5.54 Å². The fourth-order valence-electron chi connectivity index (χ4n) is 2.30. The van der Waals surface area contributed by atoms with E-state index in [1.807, 2.05) is 0 Å². The van der Waals surface area contributed by atoms with Crippen LogP contribution in [0.4, 0.5) is 0 Å². The van der Waals surface area contributed by atoms with Gasteiger partial charge in [-0.2, -0.15) is 9.61 Å². The van der Waals surface area contributed by atoms with Crippen molar-refractivity contribution in [2.45, 2.75) is 37.8 Å². The van der Waals surface area contributed by atoms with E-state index in [9.17, 15) is 0 Å². The SMILES string of the molecule is COCc1nnc2sc(C3(N)CCCC3)nn12. The van der Waals surface area contributed by atoms with Crippen LogP contribution in [0.1, 0.15) is 36.5 Å². The molecule has 0 bridgehead atoms. The molecule has 17 heavy (non-hydrogen) atoms. The molecule has 3 rings (SSSR count). The van der Waals surface area contributed by atoms with E-state index in [4.69, 9.17) is 10.5 Å². The molecule has 0 amide bonds. The quantitative estimate of drug-likeness (QED) is 0.885. The van der Waals surface area contributed by atoms with E-state index >= 15 is 0 Å². The highest BCUT2D eigenvalue weighted by Crippen LogP contribution is 2.38. The molecule has 1 fully saturated rings. The molecule has 0 radical (unpaired) electrons. The fraction of sp³-hybridized carbons (Fsp3) is 0.700. The molecule has 2 heterocycles. The standard InChI is InChI=1S/C10H15N5OS/c1-16-6-7-12-13-9-15(7)14-8(17-9)10(11)4-2-3-5-10/h2-6,11H2,1H3. The smallest absolute Gasteiger partial charge is 0.234 e. The van der Waals surface area contributed by atoms with Crippen LogP contribution in [0.15, 0.2) is 0 Å². The third-order valence-electron chi connectivity index (χ3n) is 3.25. The highest BCUT2D eigenvalue weighted by Gasteiger charge is 2.35. The number of methoxy groups -OCH3 is 1. The summed E-state index contributed by atoms with van der Waals surface area (Å²) in [7, 11) is 1.63. The van der Waals surface area contributed by atoms with Crippen LogP contribution in [-0.4, -0.2) is 26.9 Å². The Morgan fingerprint density at radius 1 is 1.41 bits per heavy atom. The van der Waals surface area contributed by atoms with E-state index in [2.05, 4.69) is 15.3 Å². The Labute approximate surface area is 103 Å². The zero-order chi connectivity index (χ0) is 11.9. The zero-order valence-electron chi connectivity index (χ0n) is 9.72. The van der Waals surface area contributed by atoms with Crippen LogP contribution in [0.3, 0.4) is 0 Å². The van der Waals surface area contributed by atoms with Crippen LogP contribution in [0, 0.1) is 0 Å². The Morgan fingerprint density at radius 2 is 2.18 bits per heavy atom. The molecule has 2 aromatic rings. The normalized spacial score (nSPS) is 19.2.